The summed E-state index contributed by atoms with van der Waals surface area (Å²) in [4.78, 5) is 26.8. The molecule has 216 valence electrons. The molecule has 12 heteroatoms. The molecular formula is C28H33Cl2N3O5S2. The minimum atomic E-state index is -4.00. The van der Waals surface area contributed by atoms with Crippen LogP contribution >= 0.6 is 34.5 Å². The molecule has 1 aliphatic carbocycles. The number of carbonyl (C=O) groups is 2. The van der Waals surface area contributed by atoms with E-state index in [2.05, 4.69) is 10.6 Å². The lowest BCUT2D eigenvalue weighted by Crippen LogP contribution is -2.50. The third-order valence-electron chi connectivity index (χ3n) is 7.13. The highest BCUT2D eigenvalue weighted by Gasteiger charge is 2.29. The van der Waals surface area contributed by atoms with Gasteiger partial charge in [-0.05, 0) is 48.1 Å². The van der Waals surface area contributed by atoms with Gasteiger partial charge in [-0.1, -0.05) is 73.5 Å². The van der Waals surface area contributed by atoms with Gasteiger partial charge in [0, 0.05) is 29.9 Å². The summed E-state index contributed by atoms with van der Waals surface area (Å²) in [6, 6.07) is 12.8. The molecule has 1 fully saturated rings. The van der Waals surface area contributed by atoms with Gasteiger partial charge >= 0.3 is 0 Å². The molecule has 2 aromatic carbocycles. The van der Waals surface area contributed by atoms with Gasteiger partial charge in [0.15, 0.2) is 0 Å². The van der Waals surface area contributed by atoms with Crippen LogP contribution in [0.25, 0.3) is 10.1 Å². The third-order valence-corrected chi connectivity index (χ3v) is 10.8. The molecule has 4 rings (SSSR count). The molecule has 1 aromatic heterocycles. The zero-order chi connectivity index (χ0) is 28.9. The number of aliphatic hydroxyl groups excluding tert-OH is 1. The Morgan fingerprint density at radius 1 is 1.10 bits per heavy atom. The van der Waals surface area contributed by atoms with Crippen molar-refractivity contribution in [3.05, 3.63) is 63.5 Å². The number of carbonyl (C=O) groups excluding carboxylic acids is 2. The molecule has 8 nitrogen and oxygen atoms in total. The van der Waals surface area contributed by atoms with Crippen molar-refractivity contribution >= 4 is 66.5 Å². The highest BCUT2D eigenvalue weighted by Crippen LogP contribution is 2.29. The molecule has 1 aliphatic rings. The molecule has 2 amide bonds. The van der Waals surface area contributed by atoms with E-state index in [0.717, 1.165) is 40.1 Å². The summed E-state index contributed by atoms with van der Waals surface area (Å²) >= 11 is 13.3. The Hall–Kier alpha value is -2.21. The molecule has 2 atom stereocenters. The summed E-state index contributed by atoms with van der Waals surface area (Å²) in [5.41, 5.74) is 0. The molecule has 3 N–H and O–H groups in total. The molecule has 40 heavy (non-hydrogen) atoms. The van der Waals surface area contributed by atoms with Crippen molar-refractivity contribution in [1.29, 1.82) is 0 Å². The number of thiophene rings is 1. The fourth-order valence-corrected chi connectivity index (χ4v) is 7.88. The van der Waals surface area contributed by atoms with E-state index in [1.54, 1.807) is 0 Å². The molecule has 0 bridgehead atoms. The van der Waals surface area contributed by atoms with E-state index in [0.29, 0.717) is 22.2 Å². The van der Waals surface area contributed by atoms with Gasteiger partial charge in [0.05, 0.1) is 16.0 Å². The quantitative estimate of drug-likeness (QED) is 0.275. The number of sulfonamides is 1. The zero-order valence-electron chi connectivity index (χ0n) is 22.1. The Kier molecular flexibility index (Phi) is 10.5. The first-order valence-corrected chi connectivity index (χ1v) is 16.2. The second kappa shape index (κ2) is 13.6. The van der Waals surface area contributed by atoms with Crippen molar-refractivity contribution in [3.8, 4) is 0 Å². The van der Waals surface area contributed by atoms with Crippen LogP contribution in [0.5, 0.6) is 0 Å². The standard InChI is InChI=1S/C28H33Cl2N3O5S2/c1-33(40(37,38)26-12-11-20(29)15-22(26)30)17-21(34)16-31-27(35)23(13-18-7-3-2-4-8-18)32-28(36)25-14-19-9-5-6-10-24(19)39-25/h5-6,9-12,14-15,18,21,23,34H,2-4,7-8,13,16-17H2,1H3,(H,31,35)(H,32,36)/t21-,23+/m1/s1. The highest BCUT2D eigenvalue weighted by molar-refractivity contribution is 7.89. The number of rotatable bonds is 11. The second-order valence-corrected chi connectivity index (χ2v) is 14.1. The van der Waals surface area contributed by atoms with Crippen molar-refractivity contribution < 1.29 is 23.1 Å². The van der Waals surface area contributed by atoms with Gasteiger partial charge in [0.25, 0.3) is 5.91 Å². The van der Waals surface area contributed by atoms with Crippen molar-refractivity contribution in [2.75, 3.05) is 20.1 Å². The number of aliphatic hydroxyl groups is 1. The first-order chi connectivity index (χ1) is 19.0. The van der Waals surface area contributed by atoms with Gasteiger partial charge in [0.1, 0.15) is 10.9 Å². The summed E-state index contributed by atoms with van der Waals surface area (Å²) in [5, 5.41) is 17.4. The Morgan fingerprint density at radius 2 is 1.82 bits per heavy atom. The fourth-order valence-electron chi connectivity index (χ4n) is 4.96. The molecule has 1 saturated carbocycles. The van der Waals surface area contributed by atoms with E-state index >= 15 is 0 Å². The summed E-state index contributed by atoms with van der Waals surface area (Å²) in [5.74, 6) is -0.411. The Bertz CT molecular complexity index is 1420. The molecule has 0 radical (unpaired) electrons. The predicted octanol–water partition coefficient (Wildman–Crippen LogP) is 5.07. The minimum Gasteiger partial charge on any atom is -0.390 e. The number of nitrogens with one attached hydrogen (secondary N) is 2. The number of likely N-dealkylation sites (N-methyl/N-ethyl adjacent to an activating group) is 1. The molecule has 0 saturated heterocycles. The first-order valence-electron chi connectivity index (χ1n) is 13.2. The van der Waals surface area contributed by atoms with Crippen LogP contribution in [0.4, 0.5) is 0 Å². The predicted molar refractivity (Wildman–Crippen MR) is 160 cm³/mol. The number of amides is 2. The maximum atomic E-state index is 13.2. The van der Waals surface area contributed by atoms with Gasteiger partial charge in [-0.25, -0.2) is 8.42 Å². The van der Waals surface area contributed by atoms with Gasteiger partial charge in [-0.15, -0.1) is 11.3 Å². The van der Waals surface area contributed by atoms with E-state index in [-0.39, 0.29) is 28.9 Å². The van der Waals surface area contributed by atoms with Crippen LogP contribution in [0, 0.1) is 5.92 Å². The van der Waals surface area contributed by atoms with Gasteiger partial charge in [-0.2, -0.15) is 4.31 Å². The first kappa shape index (κ1) is 30.7. The van der Waals surface area contributed by atoms with Crippen LogP contribution in [0.3, 0.4) is 0 Å². The molecule has 0 spiro atoms. The van der Waals surface area contributed by atoms with Gasteiger partial charge in [-0.3, -0.25) is 9.59 Å². The smallest absolute Gasteiger partial charge is 0.262 e. The lowest BCUT2D eigenvalue weighted by Gasteiger charge is -2.27. The van der Waals surface area contributed by atoms with E-state index in [9.17, 15) is 23.1 Å². The lowest BCUT2D eigenvalue weighted by molar-refractivity contribution is -0.124. The lowest BCUT2D eigenvalue weighted by atomic mass is 9.84. The monoisotopic (exact) mass is 625 g/mol. The largest absolute Gasteiger partial charge is 0.390 e. The Balaban J connectivity index is 1.39. The normalized spacial score (nSPS) is 16.1. The number of hydrogen-bond donors (Lipinski definition) is 3. The summed E-state index contributed by atoms with van der Waals surface area (Å²) in [7, 11) is -2.68. The average Bonchev–Trinajstić information content (AvgIpc) is 3.36. The summed E-state index contributed by atoms with van der Waals surface area (Å²) in [6.07, 6.45) is 4.68. The van der Waals surface area contributed by atoms with Crippen LogP contribution in [0.1, 0.15) is 48.2 Å². The van der Waals surface area contributed by atoms with Crippen LogP contribution in [0.15, 0.2) is 53.4 Å². The SMILES string of the molecule is CN(C[C@H](O)CNC(=O)[C@H](CC1CCCCC1)NC(=O)c1cc2ccccc2s1)S(=O)(=O)c1ccc(Cl)cc1Cl. The second-order valence-electron chi connectivity index (χ2n) is 10.2. The highest BCUT2D eigenvalue weighted by atomic mass is 35.5. The summed E-state index contributed by atoms with van der Waals surface area (Å²) in [6.45, 7) is -0.462. The van der Waals surface area contributed by atoms with Crippen LogP contribution in [-0.2, 0) is 14.8 Å². The maximum Gasteiger partial charge on any atom is 0.262 e. The zero-order valence-corrected chi connectivity index (χ0v) is 25.3. The van der Waals surface area contributed by atoms with Crippen molar-refractivity contribution in [2.24, 2.45) is 5.92 Å². The van der Waals surface area contributed by atoms with E-state index in [4.69, 9.17) is 23.2 Å². The third kappa shape index (κ3) is 7.74. The fraction of sp³-hybridized carbons (Fsp3) is 0.429. The molecule has 0 unspecified atom stereocenters. The minimum absolute atomic E-state index is 0.0259. The van der Waals surface area contributed by atoms with Gasteiger partial charge < -0.3 is 15.7 Å². The molecule has 0 aliphatic heterocycles. The maximum absolute atomic E-state index is 13.2. The molecule has 3 aromatic rings. The molecular weight excluding hydrogens is 593 g/mol. The van der Waals surface area contributed by atoms with E-state index < -0.39 is 28.1 Å². The number of halogens is 2. The van der Waals surface area contributed by atoms with Crippen LogP contribution in [0.2, 0.25) is 10.0 Å². The average molecular weight is 627 g/mol. The Morgan fingerprint density at radius 3 is 2.52 bits per heavy atom. The molecule has 1 heterocycles. The van der Waals surface area contributed by atoms with E-state index in [1.807, 2.05) is 30.3 Å². The summed E-state index contributed by atoms with van der Waals surface area (Å²) < 4.78 is 27.8. The Labute approximate surface area is 248 Å². The number of hydrogen-bond acceptors (Lipinski definition) is 6. The topological polar surface area (TPSA) is 116 Å². The number of fused-ring (bicyclic) bond motifs is 1. The number of benzene rings is 2. The van der Waals surface area contributed by atoms with Crippen LogP contribution in [-0.4, -0.2) is 61.9 Å². The van der Waals surface area contributed by atoms with Crippen LogP contribution < -0.4 is 10.6 Å². The van der Waals surface area contributed by atoms with Crippen molar-refractivity contribution in [2.45, 2.75) is 55.6 Å². The number of nitrogens with zero attached hydrogens (tertiary/aromatic N) is 1. The van der Waals surface area contributed by atoms with Gasteiger partial charge in [0.2, 0.25) is 15.9 Å². The van der Waals surface area contributed by atoms with Crippen molar-refractivity contribution in [3.63, 3.8) is 0 Å². The van der Waals surface area contributed by atoms with Crippen molar-refractivity contribution in [1.82, 2.24) is 14.9 Å². The van der Waals surface area contributed by atoms with E-state index in [1.165, 1.54) is 43.0 Å².